The molecule has 5 nitrogen and oxygen atoms in total. The lowest BCUT2D eigenvalue weighted by Gasteiger charge is -2.53. The van der Waals surface area contributed by atoms with Gasteiger partial charge in [-0.05, 0) is 31.1 Å². The van der Waals surface area contributed by atoms with E-state index < -0.39 is 0 Å². The molecule has 2 aliphatic heterocycles. The van der Waals surface area contributed by atoms with Crippen LogP contribution in [-0.4, -0.2) is 48.6 Å². The third-order valence-corrected chi connectivity index (χ3v) is 5.42. The summed E-state index contributed by atoms with van der Waals surface area (Å²) in [6, 6.07) is 0. The standard InChI is InChI=1S/C17H28N2O3/c1-11(2)15(20)18-7-13-4-5-17(22-8-13)9-19(10-17)16(21)14-6-12(14)3/h11-14H,4-10H2,1-3H3,(H,18,20)/t12-,13-,14-/m0/s1. The number of rotatable bonds is 4. The second kappa shape index (κ2) is 5.84. The van der Waals surface area contributed by atoms with Crippen molar-refractivity contribution < 1.29 is 14.3 Å². The topological polar surface area (TPSA) is 58.6 Å². The van der Waals surface area contributed by atoms with Crippen LogP contribution in [0.5, 0.6) is 0 Å². The van der Waals surface area contributed by atoms with Crippen LogP contribution in [0.4, 0.5) is 0 Å². The Morgan fingerprint density at radius 1 is 1.36 bits per heavy atom. The molecule has 0 bridgehead atoms. The van der Waals surface area contributed by atoms with Crippen molar-refractivity contribution in [1.29, 1.82) is 0 Å². The van der Waals surface area contributed by atoms with Crippen molar-refractivity contribution in [2.45, 2.75) is 45.6 Å². The summed E-state index contributed by atoms with van der Waals surface area (Å²) < 4.78 is 6.07. The van der Waals surface area contributed by atoms with Gasteiger partial charge in [0.25, 0.3) is 0 Å². The number of hydrogen-bond acceptors (Lipinski definition) is 3. The molecule has 3 fully saturated rings. The Morgan fingerprint density at radius 2 is 2.05 bits per heavy atom. The van der Waals surface area contributed by atoms with Gasteiger partial charge in [-0.1, -0.05) is 20.8 Å². The predicted octanol–water partition coefficient (Wildman–Crippen LogP) is 1.42. The minimum absolute atomic E-state index is 0.0341. The first-order chi connectivity index (χ1) is 10.4. The molecule has 1 N–H and O–H groups in total. The first kappa shape index (κ1) is 15.8. The van der Waals surface area contributed by atoms with Crippen molar-refractivity contribution in [3.63, 3.8) is 0 Å². The minimum Gasteiger partial charge on any atom is -0.371 e. The molecule has 1 spiro atoms. The Bertz CT molecular complexity index is 447. The Hall–Kier alpha value is -1.10. The first-order valence-electron chi connectivity index (χ1n) is 8.61. The highest BCUT2D eigenvalue weighted by molar-refractivity contribution is 5.82. The Morgan fingerprint density at radius 3 is 2.55 bits per heavy atom. The molecular formula is C17H28N2O3. The van der Waals surface area contributed by atoms with Gasteiger partial charge in [-0.25, -0.2) is 0 Å². The van der Waals surface area contributed by atoms with Gasteiger partial charge in [0.05, 0.1) is 19.7 Å². The lowest BCUT2D eigenvalue weighted by atomic mass is 9.82. The van der Waals surface area contributed by atoms with Crippen LogP contribution in [0, 0.1) is 23.7 Å². The van der Waals surface area contributed by atoms with Crippen LogP contribution in [0.1, 0.15) is 40.0 Å². The smallest absolute Gasteiger partial charge is 0.226 e. The fourth-order valence-corrected chi connectivity index (χ4v) is 3.48. The minimum atomic E-state index is -0.0909. The van der Waals surface area contributed by atoms with Gasteiger partial charge in [0, 0.05) is 18.4 Å². The third-order valence-electron chi connectivity index (χ3n) is 5.42. The summed E-state index contributed by atoms with van der Waals surface area (Å²) >= 11 is 0. The van der Waals surface area contributed by atoms with Crippen LogP contribution in [0.15, 0.2) is 0 Å². The van der Waals surface area contributed by atoms with Gasteiger partial charge in [0.2, 0.25) is 11.8 Å². The van der Waals surface area contributed by atoms with Gasteiger partial charge in [-0.15, -0.1) is 0 Å². The number of nitrogens with one attached hydrogen (secondary N) is 1. The van der Waals surface area contributed by atoms with Crippen molar-refractivity contribution in [3.8, 4) is 0 Å². The molecule has 2 heterocycles. The quantitative estimate of drug-likeness (QED) is 0.854. The molecular weight excluding hydrogens is 280 g/mol. The maximum absolute atomic E-state index is 12.2. The molecule has 124 valence electrons. The van der Waals surface area contributed by atoms with E-state index in [1.165, 1.54) is 0 Å². The van der Waals surface area contributed by atoms with E-state index in [1.807, 2.05) is 18.7 Å². The van der Waals surface area contributed by atoms with E-state index in [9.17, 15) is 9.59 Å². The number of ether oxygens (including phenoxy) is 1. The lowest BCUT2D eigenvalue weighted by Crippen LogP contribution is -2.66. The summed E-state index contributed by atoms with van der Waals surface area (Å²) in [5.74, 6) is 1.73. The predicted molar refractivity (Wildman–Crippen MR) is 83.1 cm³/mol. The van der Waals surface area contributed by atoms with Crippen molar-refractivity contribution in [2.24, 2.45) is 23.7 Å². The van der Waals surface area contributed by atoms with E-state index >= 15 is 0 Å². The monoisotopic (exact) mass is 308 g/mol. The zero-order valence-electron chi connectivity index (χ0n) is 13.9. The van der Waals surface area contributed by atoms with Crippen LogP contribution >= 0.6 is 0 Å². The Balaban J connectivity index is 1.38. The summed E-state index contributed by atoms with van der Waals surface area (Å²) in [7, 11) is 0. The molecule has 0 aromatic carbocycles. The van der Waals surface area contributed by atoms with Crippen molar-refractivity contribution >= 4 is 11.8 Å². The molecule has 0 radical (unpaired) electrons. The van der Waals surface area contributed by atoms with Crippen LogP contribution < -0.4 is 5.32 Å². The Labute approximate surface area is 132 Å². The normalized spacial score (nSPS) is 32.7. The molecule has 1 saturated carbocycles. The van der Waals surface area contributed by atoms with Gasteiger partial charge >= 0.3 is 0 Å². The molecule has 3 aliphatic rings. The largest absolute Gasteiger partial charge is 0.371 e. The summed E-state index contributed by atoms with van der Waals surface area (Å²) in [5, 5.41) is 2.99. The van der Waals surface area contributed by atoms with E-state index in [0.717, 1.165) is 32.4 Å². The van der Waals surface area contributed by atoms with Gasteiger partial charge in [0.1, 0.15) is 5.60 Å². The third kappa shape index (κ3) is 3.14. The maximum atomic E-state index is 12.2. The number of nitrogens with zero attached hydrogens (tertiary/aromatic N) is 1. The van der Waals surface area contributed by atoms with E-state index in [0.29, 0.717) is 30.9 Å². The second-order valence-electron chi connectivity index (χ2n) is 7.81. The molecule has 2 amide bonds. The highest BCUT2D eigenvalue weighted by atomic mass is 16.5. The van der Waals surface area contributed by atoms with Gasteiger partial charge in [0.15, 0.2) is 0 Å². The molecule has 2 saturated heterocycles. The molecule has 0 aromatic rings. The van der Waals surface area contributed by atoms with Crippen molar-refractivity contribution in [1.82, 2.24) is 10.2 Å². The SMILES string of the molecule is CC(C)C(=O)NC[C@@H]1CCC2(CN(C(=O)[C@H]3C[C@@H]3C)C2)OC1. The van der Waals surface area contributed by atoms with Crippen LogP contribution in [0.3, 0.4) is 0 Å². The Kier molecular flexibility index (Phi) is 4.19. The zero-order valence-corrected chi connectivity index (χ0v) is 13.9. The van der Waals surface area contributed by atoms with E-state index in [2.05, 4.69) is 12.2 Å². The lowest BCUT2D eigenvalue weighted by molar-refractivity contribution is -0.189. The molecule has 5 heteroatoms. The molecule has 1 aliphatic carbocycles. The molecule has 3 atom stereocenters. The zero-order chi connectivity index (χ0) is 15.9. The fourth-order valence-electron chi connectivity index (χ4n) is 3.48. The molecule has 0 aromatic heterocycles. The van der Waals surface area contributed by atoms with Gasteiger partial charge in [-0.2, -0.15) is 0 Å². The number of amides is 2. The van der Waals surface area contributed by atoms with Crippen LogP contribution in [0.2, 0.25) is 0 Å². The van der Waals surface area contributed by atoms with Crippen LogP contribution in [-0.2, 0) is 14.3 Å². The molecule has 3 rings (SSSR count). The number of likely N-dealkylation sites (tertiary alicyclic amines) is 1. The fraction of sp³-hybridized carbons (Fsp3) is 0.882. The van der Waals surface area contributed by atoms with Gasteiger partial charge in [-0.3, -0.25) is 9.59 Å². The summed E-state index contributed by atoms with van der Waals surface area (Å²) in [4.78, 5) is 25.7. The molecule has 0 unspecified atom stereocenters. The van der Waals surface area contributed by atoms with E-state index in [1.54, 1.807) is 0 Å². The van der Waals surface area contributed by atoms with E-state index in [-0.39, 0.29) is 23.3 Å². The van der Waals surface area contributed by atoms with E-state index in [4.69, 9.17) is 4.74 Å². The summed E-state index contributed by atoms with van der Waals surface area (Å²) in [6.45, 7) is 8.88. The number of carbonyl (C=O) groups is 2. The molecule has 22 heavy (non-hydrogen) atoms. The average Bonchev–Trinajstić information content (AvgIpc) is 3.19. The van der Waals surface area contributed by atoms with Crippen molar-refractivity contribution in [2.75, 3.05) is 26.2 Å². The highest BCUT2D eigenvalue weighted by Gasteiger charge is 2.52. The number of carbonyl (C=O) groups excluding carboxylic acids is 2. The maximum Gasteiger partial charge on any atom is 0.226 e. The summed E-state index contributed by atoms with van der Waals surface area (Å²) in [5.41, 5.74) is -0.0909. The average molecular weight is 308 g/mol. The van der Waals surface area contributed by atoms with Crippen molar-refractivity contribution in [3.05, 3.63) is 0 Å². The van der Waals surface area contributed by atoms with Crippen LogP contribution in [0.25, 0.3) is 0 Å². The second-order valence-corrected chi connectivity index (χ2v) is 7.81. The van der Waals surface area contributed by atoms with Gasteiger partial charge < -0.3 is 15.0 Å². The summed E-state index contributed by atoms with van der Waals surface area (Å²) in [6.07, 6.45) is 3.13. The highest BCUT2D eigenvalue weighted by Crippen LogP contribution is 2.43. The first-order valence-corrected chi connectivity index (χ1v) is 8.61. The number of hydrogen-bond donors (Lipinski definition) is 1.